The van der Waals surface area contributed by atoms with Gasteiger partial charge in [-0.25, -0.2) is 4.79 Å². The second kappa shape index (κ2) is 11.6. The number of primary amides is 1. The van der Waals surface area contributed by atoms with Crippen molar-refractivity contribution in [1.82, 2.24) is 25.8 Å². The first-order valence-corrected chi connectivity index (χ1v) is 16.6. The van der Waals surface area contributed by atoms with Crippen molar-refractivity contribution in [2.24, 2.45) is 45.1 Å². The van der Waals surface area contributed by atoms with E-state index in [2.05, 4.69) is 16.0 Å². The fraction of sp³-hybridized carbons (Fsp3) is 0.794. The molecule has 0 aromatic carbocycles. The Morgan fingerprint density at radius 1 is 0.915 bits per heavy atom. The molecule has 2 heterocycles. The monoisotopic (exact) mass is 658 g/mol. The summed E-state index contributed by atoms with van der Waals surface area (Å²) in [6.45, 7) is 21.0. The average Bonchev–Trinajstić information content (AvgIpc) is 3.59. The largest absolute Gasteiger partial charge is 0.363 e. The molecule has 0 bridgehead atoms. The highest BCUT2D eigenvalue weighted by Crippen LogP contribution is 2.65. The molecule has 4 aliphatic rings. The van der Waals surface area contributed by atoms with Crippen molar-refractivity contribution < 1.29 is 33.6 Å². The number of Topliss-reactive ketones (excluding diaryl/α,β-unsaturated/α-hetero) is 1. The minimum absolute atomic E-state index is 0.00416. The molecule has 4 fully saturated rings. The van der Waals surface area contributed by atoms with Crippen molar-refractivity contribution in [2.75, 3.05) is 13.1 Å². The Hall–Kier alpha value is -3.51. The standard InChI is InChI=1S/C34H54N6O7/c1-17-12-34(17,25(43)26(35)44)38-27(45)23-22-18(33(22,10)11)15-40(23)28(46)24(31(5,6)7)37-29(47)36-19(30(2,3)4)16-39-20(41)13-32(8,9)14-21(39)42/h17-19,22-24H,12-16H2,1-11H3,(H2,35,44)(H,38,45)(H2,36,37,47)/t17?,18-,19+,22-,23-,24+,34-/m0/s1. The van der Waals surface area contributed by atoms with E-state index in [0.717, 1.165) is 0 Å². The molecule has 2 saturated carbocycles. The summed E-state index contributed by atoms with van der Waals surface area (Å²) in [7, 11) is 0. The van der Waals surface area contributed by atoms with E-state index in [4.69, 9.17) is 5.73 Å². The molecule has 7 amide bonds. The number of fused-ring (bicyclic) bond motifs is 1. The molecule has 2 saturated heterocycles. The molecule has 1 unspecified atom stereocenters. The minimum Gasteiger partial charge on any atom is -0.363 e. The summed E-state index contributed by atoms with van der Waals surface area (Å²) >= 11 is 0. The Morgan fingerprint density at radius 3 is 1.89 bits per heavy atom. The first kappa shape index (κ1) is 36.3. The third-order valence-corrected chi connectivity index (χ3v) is 11.0. The van der Waals surface area contributed by atoms with E-state index in [-0.39, 0.29) is 60.8 Å². The number of hydrogen-bond donors (Lipinski definition) is 4. The summed E-state index contributed by atoms with van der Waals surface area (Å²) in [5.41, 5.74) is 1.96. The zero-order chi connectivity index (χ0) is 35.8. The van der Waals surface area contributed by atoms with Crippen LogP contribution in [0.15, 0.2) is 0 Å². The molecule has 5 N–H and O–H groups in total. The molecule has 13 nitrogen and oxygen atoms in total. The summed E-state index contributed by atoms with van der Waals surface area (Å²) in [6, 6.07) is -3.20. The number of carbonyl (C=O) groups is 7. The summed E-state index contributed by atoms with van der Waals surface area (Å²) in [4.78, 5) is 94.8. The van der Waals surface area contributed by atoms with Crippen LogP contribution in [0.1, 0.15) is 95.4 Å². The highest BCUT2D eigenvalue weighted by molar-refractivity contribution is 6.40. The molecule has 47 heavy (non-hydrogen) atoms. The first-order chi connectivity index (χ1) is 21.2. The van der Waals surface area contributed by atoms with Gasteiger partial charge in [-0.05, 0) is 45.8 Å². The predicted octanol–water partition coefficient (Wildman–Crippen LogP) is 1.72. The number of urea groups is 1. The van der Waals surface area contributed by atoms with Crippen LogP contribution in [-0.4, -0.2) is 87.9 Å². The van der Waals surface area contributed by atoms with Crippen LogP contribution in [0.2, 0.25) is 0 Å². The number of rotatable bonds is 9. The Labute approximate surface area is 277 Å². The lowest BCUT2D eigenvalue weighted by atomic mass is 9.80. The van der Waals surface area contributed by atoms with Gasteiger partial charge in [-0.15, -0.1) is 0 Å². The number of nitrogens with one attached hydrogen (secondary N) is 3. The zero-order valence-corrected chi connectivity index (χ0v) is 29.8. The van der Waals surface area contributed by atoms with E-state index in [0.29, 0.717) is 6.54 Å². The minimum atomic E-state index is -1.37. The van der Waals surface area contributed by atoms with E-state index in [1.807, 2.05) is 69.2 Å². The van der Waals surface area contributed by atoms with Gasteiger partial charge in [-0.3, -0.25) is 33.7 Å². The number of piperidine rings is 2. The maximum atomic E-state index is 14.3. The molecule has 4 rings (SSSR count). The summed E-state index contributed by atoms with van der Waals surface area (Å²) in [6.07, 6.45) is 0.733. The molecule has 0 aromatic rings. The van der Waals surface area contributed by atoms with Gasteiger partial charge in [0.25, 0.3) is 5.91 Å². The lowest BCUT2D eigenvalue weighted by molar-refractivity contribution is -0.153. The number of likely N-dealkylation sites (tertiary alicyclic amines) is 2. The van der Waals surface area contributed by atoms with Gasteiger partial charge in [0.15, 0.2) is 0 Å². The number of carbonyl (C=O) groups excluding carboxylic acids is 7. The molecular weight excluding hydrogens is 604 g/mol. The topological polar surface area (TPSA) is 188 Å². The molecule has 7 atom stereocenters. The lowest BCUT2D eigenvalue weighted by Gasteiger charge is -2.40. The fourth-order valence-corrected chi connectivity index (χ4v) is 7.58. The van der Waals surface area contributed by atoms with Crippen molar-refractivity contribution in [3.05, 3.63) is 0 Å². The molecule has 262 valence electrons. The van der Waals surface area contributed by atoms with Crippen molar-refractivity contribution in [3.63, 3.8) is 0 Å². The highest BCUT2D eigenvalue weighted by Gasteiger charge is 2.71. The number of imide groups is 1. The van der Waals surface area contributed by atoms with Crippen molar-refractivity contribution in [2.45, 2.75) is 119 Å². The molecule has 0 aromatic heterocycles. The van der Waals surface area contributed by atoms with Crippen molar-refractivity contribution in [3.8, 4) is 0 Å². The van der Waals surface area contributed by atoms with Crippen LogP contribution in [0.5, 0.6) is 0 Å². The molecule has 2 aliphatic carbocycles. The number of ketones is 1. The summed E-state index contributed by atoms with van der Waals surface area (Å²) in [5, 5.41) is 8.55. The molecule has 2 aliphatic heterocycles. The SMILES string of the molecule is CC1C[C@@]1(NC(=O)[C@@H]1[C@@H]2[C@H](CN1C(=O)[C@@H](NC(=O)N[C@H](CN1C(=O)CC(C)(C)CC1=O)C(C)(C)C)C(C)(C)C)C2(C)C)C(=O)C(N)=O. The van der Waals surface area contributed by atoms with Gasteiger partial charge >= 0.3 is 6.03 Å². The number of amides is 7. The van der Waals surface area contributed by atoms with Gasteiger partial charge in [0.2, 0.25) is 29.4 Å². The summed E-state index contributed by atoms with van der Waals surface area (Å²) in [5.74, 6) is -3.88. The van der Waals surface area contributed by atoms with Crippen LogP contribution in [0.4, 0.5) is 4.79 Å². The molecular formula is C34H54N6O7. The van der Waals surface area contributed by atoms with E-state index >= 15 is 0 Å². The molecule has 13 heteroatoms. The summed E-state index contributed by atoms with van der Waals surface area (Å²) < 4.78 is 0. The Balaban J connectivity index is 1.53. The maximum Gasteiger partial charge on any atom is 0.315 e. The van der Waals surface area contributed by atoms with Gasteiger partial charge in [0.1, 0.15) is 17.6 Å². The van der Waals surface area contributed by atoms with Crippen molar-refractivity contribution >= 4 is 41.4 Å². The van der Waals surface area contributed by atoms with Crippen LogP contribution in [-0.2, 0) is 28.8 Å². The van der Waals surface area contributed by atoms with E-state index < -0.39 is 69.4 Å². The zero-order valence-electron chi connectivity index (χ0n) is 29.8. The van der Waals surface area contributed by atoms with Gasteiger partial charge in [-0.2, -0.15) is 0 Å². The van der Waals surface area contributed by atoms with E-state index in [1.165, 1.54) is 9.80 Å². The first-order valence-electron chi connectivity index (χ1n) is 16.6. The Kier molecular flexibility index (Phi) is 8.95. The van der Waals surface area contributed by atoms with Gasteiger partial charge in [0.05, 0.1) is 6.04 Å². The van der Waals surface area contributed by atoms with Crippen LogP contribution in [0, 0.1) is 39.4 Å². The van der Waals surface area contributed by atoms with Crippen LogP contribution >= 0.6 is 0 Å². The fourth-order valence-electron chi connectivity index (χ4n) is 7.58. The van der Waals surface area contributed by atoms with Crippen LogP contribution in [0.25, 0.3) is 0 Å². The number of hydrogen-bond acceptors (Lipinski definition) is 7. The van der Waals surface area contributed by atoms with Gasteiger partial charge < -0.3 is 26.6 Å². The van der Waals surface area contributed by atoms with Gasteiger partial charge in [0, 0.05) is 25.9 Å². The smallest absolute Gasteiger partial charge is 0.315 e. The van der Waals surface area contributed by atoms with E-state index in [9.17, 15) is 33.6 Å². The number of nitrogens with two attached hydrogens (primary N) is 1. The van der Waals surface area contributed by atoms with E-state index in [1.54, 1.807) is 6.92 Å². The quantitative estimate of drug-likeness (QED) is 0.214. The maximum absolute atomic E-state index is 14.3. The van der Waals surface area contributed by atoms with Crippen LogP contribution in [0.3, 0.4) is 0 Å². The van der Waals surface area contributed by atoms with Crippen LogP contribution < -0.4 is 21.7 Å². The Bertz CT molecular complexity index is 1370. The lowest BCUT2D eigenvalue weighted by Crippen LogP contribution is -2.63. The second-order valence-electron chi connectivity index (χ2n) is 17.9. The Morgan fingerprint density at radius 2 is 1.45 bits per heavy atom. The highest BCUT2D eigenvalue weighted by atomic mass is 16.2. The second-order valence-corrected chi connectivity index (χ2v) is 17.9. The average molecular weight is 659 g/mol. The third kappa shape index (κ3) is 6.90. The molecule has 0 spiro atoms. The number of nitrogens with zero attached hydrogens (tertiary/aromatic N) is 2. The predicted molar refractivity (Wildman–Crippen MR) is 173 cm³/mol. The normalized spacial score (nSPS) is 30.5. The van der Waals surface area contributed by atoms with Crippen molar-refractivity contribution in [1.29, 1.82) is 0 Å². The molecule has 0 radical (unpaired) electrons. The third-order valence-electron chi connectivity index (χ3n) is 11.0. The van der Waals surface area contributed by atoms with Gasteiger partial charge in [-0.1, -0.05) is 76.2 Å².